The quantitative estimate of drug-likeness (QED) is 0.369. The summed E-state index contributed by atoms with van der Waals surface area (Å²) in [5.74, 6) is 1.54. The van der Waals surface area contributed by atoms with Crippen molar-refractivity contribution in [2.75, 3.05) is 32.1 Å². The summed E-state index contributed by atoms with van der Waals surface area (Å²) in [6.45, 7) is 3.90. The summed E-state index contributed by atoms with van der Waals surface area (Å²) in [5.41, 5.74) is 4.31. The Bertz CT molecular complexity index is 1160. The first kappa shape index (κ1) is 25.7. The second kappa shape index (κ2) is 12.5. The van der Waals surface area contributed by atoms with Crippen molar-refractivity contribution in [3.63, 3.8) is 0 Å². The lowest BCUT2D eigenvalue weighted by Crippen LogP contribution is -2.38. The van der Waals surface area contributed by atoms with Crippen molar-refractivity contribution < 1.29 is 14.3 Å². The van der Waals surface area contributed by atoms with Gasteiger partial charge in [-0.15, -0.1) is 0 Å². The molecule has 0 atom stereocenters. The number of nitrogens with one attached hydrogen (secondary N) is 1. The van der Waals surface area contributed by atoms with Crippen molar-refractivity contribution in [1.29, 1.82) is 0 Å². The van der Waals surface area contributed by atoms with Gasteiger partial charge in [-0.2, -0.15) is 0 Å². The zero-order valence-electron chi connectivity index (χ0n) is 21.0. The molecule has 188 valence electrons. The summed E-state index contributed by atoms with van der Waals surface area (Å²) in [6.07, 6.45) is 4.34. The maximum absolute atomic E-state index is 12.4. The fraction of sp³-hybridized carbons (Fsp3) is 0.333. The number of piperidine rings is 1. The van der Waals surface area contributed by atoms with Crippen molar-refractivity contribution in [2.45, 2.75) is 32.6 Å². The maximum atomic E-state index is 12.4. The summed E-state index contributed by atoms with van der Waals surface area (Å²) in [7, 11) is 1.60. The van der Waals surface area contributed by atoms with Gasteiger partial charge in [-0.05, 0) is 73.1 Å². The molecule has 1 heterocycles. The first-order valence-electron chi connectivity index (χ1n) is 12.6. The van der Waals surface area contributed by atoms with Crippen LogP contribution in [-0.4, -0.2) is 42.6 Å². The highest BCUT2D eigenvalue weighted by Crippen LogP contribution is 2.30. The Kier molecular flexibility index (Phi) is 8.95. The highest BCUT2D eigenvalue weighted by molar-refractivity contribution is 7.80. The van der Waals surface area contributed by atoms with Crippen LogP contribution in [0.1, 0.15) is 36.5 Å². The van der Waals surface area contributed by atoms with Gasteiger partial charge in [0, 0.05) is 24.3 Å². The largest absolute Gasteiger partial charge is 0.493 e. The lowest BCUT2D eigenvalue weighted by atomic mass is 9.90. The van der Waals surface area contributed by atoms with Gasteiger partial charge in [-0.25, -0.2) is 0 Å². The number of likely N-dealkylation sites (tertiary alicyclic amines) is 1. The van der Waals surface area contributed by atoms with Crippen molar-refractivity contribution >= 4 is 28.8 Å². The van der Waals surface area contributed by atoms with Crippen molar-refractivity contribution in [1.82, 2.24) is 4.90 Å². The van der Waals surface area contributed by atoms with Gasteiger partial charge in [0.05, 0.1) is 7.11 Å². The number of hydrogen-bond acceptors (Lipinski definition) is 4. The molecule has 0 spiro atoms. The number of aryl methyl sites for hydroxylation is 1. The summed E-state index contributed by atoms with van der Waals surface area (Å²) in [6, 6.07) is 24.2. The van der Waals surface area contributed by atoms with Gasteiger partial charge < -0.3 is 19.7 Å². The number of anilines is 1. The number of thiocarbonyl (C=S) groups is 1. The molecule has 1 N–H and O–H groups in total. The maximum Gasteiger partial charge on any atom is 0.262 e. The first-order valence-corrected chi connectivity index (χ1v) is 13.0. The number of ether oxygens (including phenoxy) is 2. The molecule has 5 nitrogen and oxygen atoms in total. The van der Waals surface area contributed by atoms with Crippen LogP contribution >= 0.6 is 12.2 Å². The van der Waals surface area contributed by atoms with Crippen LogP contribution in [0.25, 0.3) is 0 Å². The average molecular weight is 503 g/mol. The van der Waals surface area contributed by atoms with Crippen molar-refractivity contribution in [3.8, 4) is 11.5 Å². The molecule has 0 aromatic heterocycles. The van der Waals surface area contributed by atoms with E-state index in [1.54, 1.807) is 7.11 Å². The highest BCUT2D eigenvalue weighted by Gasteiger charge is 2.22. The normalized spacial score (nSPS) is 13.8. The molecular weight excluding hydrogens is 468 g/mol. The Balaban J connectivity index is 1.30. The topological polar surface area (TPSA) is 50.8 Å². The third-order valence-electron chi connectivity index (χ3n) is 6.68. The van der Waals surface area contributed by atoms with Gasteiger partial charge >= 0.3 is 0 Å². The molecule has 1 aliphatic rings. The Morgan fingerprint density at radius 3 is 2.36 bits per heavy atom. The molecule has 3 aromatic carbocycles. The fourth-order valence-corrected chi connectivity index (χ4v) is 4.86. The van der Waals surface area contributed by atoms with Gasteiger partial charge in [0.2, 0.25) is 0 Å². The summed E-state index contributed by atoms with van der Waals surface area (Å²) in [5, 5.41) is 2.86. The molecule has 0 saturated carbocycles. The Morgan fingerprint density at radius 2 is 1.69 bits per heavy atom. The number of methoxy groups -OCH3 is 1. The Morgan fingerprint density at radius 1 is 0.972 bits per heavy atom. The van der Waals surface area contributed by atoms with Crippen LogP contribution in [0.2, 0.25) is 0 Å². The van der Waals surface area contributed by atoms with Gasteiger partial charge in [0.15, 0.2) is 18.1 Å². The van der Waals surface area contributed by atoms with Gasteiger partial charge in [-0.3, -0.25) is 4.79 Å². The molecular formula is C30H34N2O3S. The molecule has 1 fully saturated rings. The number of rotatable bonds is 9. The number of hydrogen-bond donors (Lipinski definition) is 1. The lowest BCUT2D eigenvalue weighted by molar-refractivity contribution is -0.118. The molecule has 1 aliphatic heterocycles. The minimum atomic E-state index is -0.223. The van der Waals surface area contributed by atoms with Crippen LogP contribution < -0.4 is 14.8 Å². The van der Waals surface area contributed by atoms with E-state index < -0.39 is 0 Å². The van der Waals surface area contributed by atoms with Crippen LogP contribution in [-0.2, 0) is 17.6 Å². The van der Waals surface area contributed by atoms with E-state index in [0.29, 0.717) is 17.4 Å². The molecule has 1 amide bonds. The van der Waals surface area contributed by atoms with Gasteiger partial charge in [0.1, 0.15) is 4.99 Å². The van der Waals surface area contributed by atoms with Crippen LogP contribution in [0.3, 0.4) is 0 Å². The van der Waals surface area contributed by atoms with Crippen molar-refractivity contribution in [2.24, 2.45) is 5.92 Å². The predicted molar refractivity (Wildman–Crippen MR) is 149 cm³/mol. The monoisotopic (exact) mass is 502 g/mol. The highest BCUT2D eigenvalue weighted by atomic mass is 32.1. The first-order chi connectivity index (χ1) is 17.6. The van der Waals surface area contributed by atoms with E-state index in [2.05, 4.69) is 47.5 Å². The second-order valence-corrected chi connectivity index (χ2v) is 9.56. The minimum Gasteiger partial charge on any atom is -0.493 e. The van der Waals surface area contributed by atoms with Crippen LogP contribution in [0.5, 0.6) is 11.5 Å². The molecule has 0 unspecified atom stereocenters. The van der Waals surface area contributed by atoms with E-state index in [1.807, 2.05) is 42.5 Å². The molecule has 1 saturated heterocycles. The van der Waals surface area contributed by atoms with E-state index in [-0.39, 0.29) is 12.5 Å². The van der Waals surface area contributed by atoms with Gasteiger partial charge in [-0.1, -0.05) is 61.6 Å². The summed E-state index contributed by atoms with van der Waals surface area (Å²) in [4.78, 5) is 15.5. The molecule has 36 heavy (non-hydrogen) atoms. The number of carbonyl (C=O) groups excluding carboxylic acids is 1. The van der Waals surface area contributed by atoms with Crippen LogP contribution in [0.15, 0.2) is 72.8 Å². The van der Waals surface area contributed by atoms with E-state index in [4.69, 9.17) is 21.7 Å². The van der Waals surface area contributed by atoms with E-state index in [1.165, 1.54) is 11.1 Å². The number of carbonyl (C=O) groups is 1. The average Bonchev–Trinajstić information content (AvgIpc) is 2.93. The van der Waals surface area contributed by atoms with E-state index in [9.17, 15) is 4.79 Å². The third kappa shape index (κ3) is 6.85. The zero-order valence-corrected chi connectivity index (χ0v) is 21.9. The molecule has 0 bridgehead atoms. The van der Waals surface area contributed by atoms with Crippen LogP contribution in [0.4, 0.5) is 5.69 Å². The smallest absolute Gasteiger partial charge is 0.262 e. The van der Waals surface area contributed by atoms with E-state index >= 15 is 0 Å². The standard InChI is InChI=1S/C30H34N2O3S/c1-3-22-9-12-26(13-10-22)31-29(33)21-35-27-14-11-25(20-28(27)34-2)30(36)32-17-15-24(16-18-32)19-23-7-5-4-6-8-23/h4-14,20,24H,3,15-19,21H2,1-2H3,(H,31,33). The third-order valence-corrected chi connectivity index (χ3v) is 7.18. The molecule has 3 aromatic rings. The Hall–Kier alpha value is -3.38. The second-order valence-electron chi connectivity index (χ2n) is 9.18. The lowest BCUT2D eigenvalue weighted by Gasteiger charge is -2.34. The summed E-state index contributed by atoms with van der Waals surface area (Å²) < 4.78 is 11.3. The number of nitrogens with zero attached hydrogens (tertiary/aromatic N) is 1. The van der Waals surface area contributed by atoms with Crippen LogP contribution in [0, 0.1) is 5.92 Å². The van der Waals surface area contributed by atoms with E-state index in [0.717, 1.165) is 55.0 Å². The molecule has 0 aliphatic carbocycles. The minimum absolute atomic E-state index is 0.107. The Labute approximate surface area is 219 Å². The number of benzene rings is 3. The van der Waals surface area contributed by atoms with Crippen molar-refractivity contribution in [3.05, 3.63) is 89.5 Å². The molecule has 0 radical (unpaired) electrons. The summed E-state index contributed by atoms with van der Waals surface area (Å²) >= 11 is 5.82. The predicted octanol–water partition coefficient (Wildman–Crippen LogP) is 5.91. The SMILES string of the molecule is CCc1ccc(NC(=O)COc2ccc(C(=S)N3CCC(Cc4ccccc4)CC3)cc2OC)cc1. The zero-order chi connectivity index (χ0) is 25.3. The molecule has 6 heteroatoms. The van der Waals surface area contributed by atoms with Gasteiger partial charge in [0.25, 0.3) is 5.91 Å². The fourth-order valence-electron chi connectivity index (χ4n) is 4.55. The molecule has 4 rings (SSSR count). The number of amides is 1.